The second-order valence-corrected chi connectivity index (χ2v) is 14.4. The molecular formula is C43H48CaN4O10. The molecule has 0 bridgehead atoms. The van der Waals surface area contributed by atoms with Crippen molar-refractivity contribution in [2.75, 3.05) is 28.2 Å². The maximum Gasteiger partial charge on any atom is 2.00 e. The molecule has 58 heavy (non-hydrogen) atoms. The number of rotatable bonds is 8. The minimum Gasteiger partial charge on any atom is -0.545 e. The predicted octanol–water partition coefficient (Wildman–Crippen LogP) is 3.57. The van der Waals surface area contributed by atoms with Gasteiger partial charge in [0.15, 0.2) is 5.78 Å². The van der Waals surface area contributed by atoms with Crippen LogP contribution in [0.4, 0.5) is 21.9 Å². The summed E-state index contributed by atoms with van der Waals surface area (Å²) in [4.78, 5) is 75.3. The van der Waals surface area contributed by atoms with Crippen LogP contribution in [0.5, 0.6) is 0 Å². The number of para-hydroxylation sites is 2. The number of hydrogen-bond donors (Lipinski definition) is 3. The summed E-state index contributed by atoms with van der Waals surface area (Å²) in [5.74, 6) is -3.80. The molecular weight excluding hydrogens is 773 g/mol. The first-order valence-corrected chi connectivity index (χ1v) is 18.3. The van der Waals surface area contributed by atoms with Crippen LogP contribution in [0.15, 0.2) is 109 Å². The molecule has 4 aromatic carbocycles. The number of amides is 3. The minimum atomic E-state index is -1.13. The zero-order valence-corrected chi connectivity index (χ0v) is 35.0. The smallest absolute Gasteiger partial charge is 0.545 e. The van der Waals surface area contributed by atoms with Gasteiger partial charge >= 0.3 is 49.7 Å². The second kappa shape index (κ2) is 23.2. The molecule has 1 aliphatic carbocycles. The SMILES string of the molecule is CC(C)(C)C(=O)CN1C(=O)[C@H](NC(=O)Nc2cccc(C(=O)O)c2)CN(C2CCCCC2)c2ccccc21.O.O=C([O-])c1ccccc1.O=C([O-])c1ccccc1.[Ca+2]. The monoisotopic (exact) mass is 820 g/mol. The number of urea groups is 1. The molecule has 15 heteroatoms. The number of carboxylic acid groups (broad SMARTS) is 3. The summed E-state index contributed by atoms with van der Waals surface area (Å²) < 4.78 is 0. The van der Waals surface area contributed by atoms with Crippen LogP contribution in [0.25, 0.3) is 0 Å². The van der Waals surface area contributed by atoms with Gasteiger partial charge in [0.2, 0.25) is 0 Å². The molecule has 1 heterocycles. The van der Waals surface area contributed by atoms with Gasteiger partial charge in [0, 0.05) is 23.7 Å². The largest absolute Gasteiger partial charge is 2.00 e. The Bertz CT molecular complexity index is 1950. The fourth-order valence-electron chi connectivity index (χ4n) is 6.21. The number of benzene rings is 4. The Kier molecular flexibility index (Phi) is 19.6. The molecule has 0 saturated heterocycles. The molecule has 14 nitrogen and oxygen atoms in total. The van der Waals surface area contributed by atoms with E-state index in [0.29, 0.717) is 11.4 Å². The van der Waals surface area contributed by atoms with E-state index in [4.69, 9.17) is 0 Å². The molecule has 4 aromatic rings. The summed E-state index contributed by atoms with van der Waals surface area (Å²) in [5, 5.41) is 34.9. The van der Waals surface area contributed by atoms with Crippen molar-refractivity contribution in [1.82, 2.24) is 5.32 Å². The molecule has 0 spiro atoms. The fourth-order valence-corrected chi connectivity index (χ4v) is 6.21. The molecule has 2 aliphatic rings. The van der Waals surface area contributed by atoms with Gasteiger partial charge in [-0.25, -0.2) is 9.59 Å². The molecule has 1 saturated carbocycles. The van der Waals surface area contributed by atoms with Crippen molar-refractivity contribution in [3.63, 3.8) is 0 Å². The van der Waals surface area contributed by atoms with Crippen LogP contribution in [0.1, 0.15) is 83.9 Å². The molecule has 1 fully saturated rings. The number of anilines is 3. The average Bonchev–Trinajstić information content (AvgIpc) is 3.30. The number of carbonyl (C=O) groups is 6. The van der Waals surface area contributed by atoms with Gasteiger partial charge in [0.25, 0.3) is 5.91 Å². The quantitative estimate of drug-likeness (QED) is 0.219. The van der Waals surface area contributed by atoms with Crippen molar-refractivity contribution in [2.24, 2.45) is 5.41 Å². The van der Waals surface area contributed by atoms with Crippen molar-refractivity contribution >= 4 is 90.4 Å². The van der Waals surface area contributed by atoms with Gasteiger partial charge in [0.1, 0.15) is 6.04 Å². The topological polar surface area (TPSA) is 231 Å². The molecule has 1 aliphatic heterocycles. The zero-order chi connectivity index (χ0) is 40.8. The summed E-state index contributed by atoms with van der Waals surface area (Å²) in [7, 11) is 0. The Morgan fingerprint density at radius 3 is 1.71 bits per heavy atom. The number of carboxylic acids is 3. The third-order valence-corrected chi connectivity index (χ3v) is 9.27. The van der Waals surface area contributed by atoms with Crippen LogP contribution in [-0.2, 0) is 9.59 Å². The fraction of sp³-hybridized carbons (Fsp3) is 0.302. The number of fused-ring (bicyclic) bond motifs is 1. The van der Waals surface area contributed by atoms with Crippen molar-refractivity contribution in [3.8, 4) is 0 Å². The molecule has 0 unspecified atom stereocenters. The normalized spacial score (nSPS) is 14.8. The van der Waals surface area contributed by atoms with Gasteiger partial charge < -0.3 is 50.8 Å². The van der Waals surface area contributed by atoms with E-state index in [2.05, 4.69) is 15.5 Å². The maximum atomic E-state index is 14.0. The van der Waals surface area contributed by atoms with Crippen LogP contribution in [0.2, 0.25) is 0 Å². The summed E-state index contributed by atoms with van der Waals surface area (Å²) in [6, 6.07) is 28.3. The van der Waals surface area contributed by atoms with E-state index in [1.807, 2.05) is 45.0 Å². The van der Waals surface area contributed by atoms with Crippen LogP contribution in [0.3, 0.4) is 0 Å². The van der Waals surface area contributed by atoms with E-state index >= 15 is 0 Å². The average molecular weight is 821 g/mol. The van der Waals surface area contributed by atoms with E-state index < -0.39 is 35.4 Å². The number of nitrogens with zero attached hydrogens (tertiary/aromatic N) is 2. The van der Waals surface area contributed by atoms with Crippen molar-refractivity contribution in [3.05, 3.63) is 126 Å². The molecule has 302 valence electrons. The summed E-state index contributed by atoms with van der Waals surface area (Å²) in [6.45, 7) is 5.65. The van der Waals surface area contributed by atoms with Gasteiger partial charge in [-0.2, -0.15) is 0 Å². The standard InChI is InChI=1S/C29H36N4O5.2C7H6O2.Ca.H2O/c1-29(2,3)25(34)18-33-24-15-8-7-14-23(24)32(21-12-5-4-6-13-21)17-22(26(33)35)31-28(38)30-20-11-9-10-19(16-20)27(36)37;2*8-7(9)6-4-2-1-3-5-6;;/h7-11,14-16,21-22H,4-6,12-13,17-18H2,1-3H3,(H,36,37)(H2,30,31,38);2*1-5H,(H,8,9);;1H2/q;;;+2;/p-2/t22-;;;;/m1..../s1. The molecule has 6 rings (SSSR count). The Morgan fingerprint density at radius 1 is 0.724 bits per heavy atom. The van der Waals surface area contributed by atoms with Gasteiger partial charge in [-0.15, -0.1) is 0 Å². The van der Waals surface area contributed by atoms with Gasteiger partial charge in [0.05, 0.1) is 35.4 Å². The Morgan fingerprint density at radius 2 is 1.22 bits per heavy atom. The summed E-state index contributed by atoms with van der Waals surface area (Å²) >= 11 is 0. The van der Waals surface area contributed by atoms with E-state index in [1.54, 1.807) is 42.5 Å². The van der Waals surface area contributed by atoms with Crippen LogP contribution < -0.4 is 30.6 Å². The molecule has 5 N–H and O–H groups in total. The summed E-state index contributed by atoms with van der Waals surface area (Å²) in [6.07, 6.45) is 5.36. The predicted molar refractivity (Wildman–Crippen MR) is 218 cm³/mol. The molecule has 0 aromatic heterocycles. The Labute approximate surface area is 367 Å². The molecule has 1 atom stereocenters. The van der Waals surface area contributed by atoms with Crippen LogP contribution in [0, 0.1) is 5.41 Å². The minimum absolute atomic E-state index is 0. The summed E-state index contributed by atoms with van der Waals surface area (Å²) in [5.41, 5.74) is 1.69. The molecule has 3 amide bonds. The third-order valence-electron chi connectivity index (χ3n) is 9.27. The van der Waals surface area contributed by atoms with Gasteiger partial charge in [-0.05, 0) is 54.3 Å². The maximum absolute atomic E-state index is 14.0. The number of ketones is 1. The van der Waals surface area contributed by atoms with E-state index in [9.17, 15) is 44.1 Å². The van der Waals surface area contributed by atoms with Crippen molar-refractivity contribution in [1.29, 1.82) is 0 Å². The van der Waals surface area contributed by atoms with Crippen molar-refractivity contribution < 1.29 is 49.6 Å². The first-order chi connectivity index (χ1) is 26.6. The number of hydrogen-bond acceptors (Lipinski definition) is 9. The second-order valence-electron chi connectivity index (χ2n) is 14.4. The van der Waals surface area contributed by atoms with Crippen LogP contribution >= 0.6 is 0 Å². The van der Waals surface area contributed by atoms with Crippen molar-refractivity contribution in [2.45, 2.75) is 65.0 Å². The Hall–Kier alpha value is -5.28. The van der Waals surface area contributed by atoms with Gasteiger partial charge in [-0.3, -0.25) is 9.59 Å². The molecule has 0 radical (unpaired) electrons. The van der Waals surface area contributed by atoms with E-state index in [0.717, 1.165) is 31.4 Å². The van der Waals surface area contributed by atoms with Crippen LogP contribution in [-0.4, -0.2) is 109 Å². The number of nitrogens with one attached hydrogen (secondary N) is 2. The van der Waals surface area contributed by atoms with E-state index in [1.165, 1.54) is 53.8 Å². The van der Waals surface area contributed by atoms with Gasteiger partial charge in [-0.1, -0.05) is 119 Å². The number of aromatic carboxylic acids is 3. The number of carbonyl (C=O) groups excluding carboxylic acids is 5. The van der Waals surface area contributed by atoms with E-state index in [-0.39, 0.29) is 90.7 Å². The first kappa shape index (κ1) is 48.9. The Balaban J connectivity index is 0.000000475. The third kappa shape index (κ3) is 14.3. The number of Topliss-reactive ketones (excluding diaryl/α,β-unsaturated/α-hetero) is 1. The first-order valence-electron chi connectivity index (χ1n) is 18.3. The zero-order valence-electron chi connectivity index (χ0n) is 32.8.